The topological polar surface area (TPSA) is 32.3 Å². The predicted octanol–water partition coefficient (Wildman–Crippen LogP) is 2.02. The number of hydrogen-bond donors (Lipinski definition) is 1. The molecule has 1 saturated carbocycles. The molecule has 1 amide bonds. The summed E-state index contributed by atoms with van der Waals surface area (Å²) in [4.78, 5) is 15.0. The van der Waals surface area contributed by atoms with Crippen molar-refractivity contribution in [2.75, 3.05) is 19.6 Å². The minimum atomic E-state index is -0.127. The maximum atomic E-state index is 12.9. The van der Waals surface area contributed by atoms with E-state index in [1.54, 1.807) is 0 Å². The highest BCUT2D eigenvalue weighted by molar-refractivity contribution is 5.84. The van der Waals surface area contributed by atoms with E-state index in [-0.39, 0.29) is 5.41 Å². The number of rotatable bonds is 5. The lowest BCUT2D eigenvalue weighted by molar-refractivity contribution is -0.144. The molecule has 1 N–H and O–H groups in total. The summed E-state index contributed by atoms with van der Waals surface area (Å²) in [6, 6.07) is 0.554. The van der Waals surface area contributed by atoms with Gasteiger partial charge < -0.3 is 10.2 Å². The van der Waals surface area contributed by atoms with E-state index in [0.29, 0.717) is 17.9 Å². The molecule has 1 heterocycles. The molecule has 1 atom stereocenters. The van der Waals surface area contributed by atoms with E-state index in [9.17, 15) is 4.79 Å². The quantitative estimate of drug-likeness (QED) is 0.795. The maximum Gasteiger partial charge on any atom is 0.230 e. The number of nitrogens with one attached hydrogen (secondary N) is 1. The Hall–Kier alpha value is -0.570. The summed E-state index contributed by atoms with van der Waals surface area (Å²) in [5, 5.41) is 3.38. The van der Waals surface area contributed by atoms with Gasteiger partial charge in [-0.2, -0.15) is 0 Å². The summed E-state index contributed by atoms with van der Waals surface area (Å²) in [5.74, 6) is 0.852. The molecular weight excluding hydrogens is 212 g/mol. The number of amides is 1. The molecule has 0 aromatic carbocycles. The van der Waals surface area contributed by atoms with Gasteiger partial charge in [0.1, 0.15) is 0 Å². The van der Waals surface area contributed by atoms with E-state index < -0.39 is 0 Å². The van der Waals surface area contributed by atoms with Crippen molar-refractivity contribution >= 4 is 5.91 Å². The SMILES string of the molecule is CCCN(C(=O)C1(C(C)C)CCNC1)C1CC1. The van der Waals surface area contributed by atoms with Crippen LogP contribution in [0, 0.1) is 11.3 Å². The Bertz CT molecular complexity index is 278. The fourth-order valence-corrected chi connectivity index (χ4v) is 3.00. The van der Waals surface area contributed by atoms with Crippen LogP contribution >= 0.6 is 0 Å². The van der Waals surface area contributed by atoms with Gasteiger partial charge in [0.15, 0.2) is 0 Å². The van der Waals surface area contributed by atoms with Crippen molar-refractivity contribution in [3.8, 4) is 0 Å². The van der Waals surface area contributed by atoms with Crippen LogP contribution in [0.5, 0.6) is 0 Å². The molecule has 0 bridgehead atoms. The van der Waals surface area contributed by atoms with Crippen molar-refractivity contribution in [2.24, 2.45) is 11.3 Å². The summed E-state index contributed by atoms with van der Waals surface area (Å²) >= 11 is 0. The molecule has 2 fully saturated rings. The molecular formula is C14H26N2O. The first-order valence-corrected chi connectivity index (χ1v) is 7.13. The third kappa shape index (κ3) is 2.35. The molecule has 0 aromatic rings. The number of carbonyl (C=O) groups excluding carboxylic acids is 1. The van der Waals surface area contributed by atoms with Gasteiger partial charge in [-0.1, -0.05) is 20.8 Å². The molecule has 3 heteroatoms. The molecule has 0 aromatic heterocycles. The van der Waals surface area contributed by atoms with Crippen molar-refractivity contribution in [1.82, 2.24) is 10.2 Å². The second-order valence-corrected chi connectivity index (χ2v) is 5.97. The number of carbonyl (C=O) groups is 1. The molecule has 17 heavy (non-hydrogen) atoms. The molecule has 0 radical (unpaired) electrons. The lowest BCUT2D eigenvalue weighted by Crippen LogP contribution is -2.49. The van der Waals surface area contributed by atoms with Crippen LogP contribution in [-0.4, -0.2) is 36.5 Å². The van der Waals surface area contributed by atoms with Crippen molar-refractivity contribution in [3.63, 3.8) is 0 Å². The summed E-state index contributed by atoms with van der Waals surface area (Å²) in [6.45, 7) is 9.37. The van der Waals surface area contributed by atoms with Gasteiger partial charge in [0.25, 0.3) is 0 Å². The minimum absolute atomic E-state index is 0.127. The first-order valence-electron chi connectivity index (χ1n) is 7.13. The summed E-state index contributed by atoms with van der Waals surface area (Å²) in [5.41, 5.74) is -0.127. The Morgan fingerprint density at radius 3 is 2.59 bits per heavy atom. The fourth-order valence-electron chi connectivity index (χ4n) is 3.00. The van der Waals surface area contributed by atoms with Crippen molar-refractivity contribution in [3.05, 3.63) is 0 Å². The van der Waals surface area contributed by atoms with Crippen LogP contribution in [0.3, 0.4) is 0 Å². The smallest absolute Gasteiger partial charge is 0.230 e. The van der Waals surface area contributed by atoms with E-state index in [0.717, 1.165) is 32.5 Å². The largest absolute Gasteiger partial charge is 0.339 e. The monoisotopic (exact) mass is 238 g/mol. The van der Waals surface area contributed by atoms with Gasteiger partial charge in [0.05, 0.1) is 5.41 Å². The zero-order chi connectivity index (χ0) is 12.5. The summed E-state index contributed by atoms with van der Waals surface area (Å²) in [7, 11) is 0. The van der Waals surface area contributed by atoms with Gasteiger partial charge in [-0.3, -0.25) is 4.79 Å². The van der Waals surface area contributed by atoms with E-state index in [2.05, 4.69) is 31.0 Å². The molecule has 2 aliphatic rings. The number of hydrogen-bond acceptors (Lipinski definition) is 2. The van der Waals surface area contributed by atoms with Crippen molar-refractivity contribution in [1.29, 1.82) is 0 Å². The van der Waals surface area contributed by atoms with Gasteiger partial charge in [0, 0.05) is 19.1 Å². The summed E-state index contributed by atoms with van der Waals surface area (Å²) in [6.07, 6.45) is 4.51. The maximum absolute atomic E-state index is 12.9. The molecule has 98 valence electrons. The molecule has 1 saturated heterocycles. The van der Waals surface area contributed by atoms with Gasteiger partial charge >= 0.3 is 0 Å². The zero-order valence-electron chi connectivity index (χ0n) is 11.5. The standard InChI is InChI=1S/C14H26N2O/c1-4-9-16(12-5-6-12)13(17)14(11(2)3)7-8-15-10-14/h11-12,15H,4-10H2,1-3H3. The normalized spacial score (nSPS) is 28.7. The molecule has 1 unspecified atom stereocenters. The van der Waals surface area contributed by atoms with Gasteiger partial charge in [-0.05, 0) is 38.1 Å². The van der Waals surface area contributed by atoms with Gasteiger partial charge in [-0.15, -0.1) is 0 Å². The molecule has 1 aliphatic heterocycles. The average molecular weight is 238 g/mol. The Morgan fingerprint density at radius 1 is 1.47 bits per heavy atom. The Balaban J connectivity index is 2.14. The Kier molecular flexibility index (Phi) is 3.76. The summed E-state index contributed by atoms with van der Waals surface area (Å²) < 4.78 is 0. The highest BCUT2D eigenvalue weighted by Gasteiger charge is 2.48. The molecule has 3 nitrogen and oxygen atoms in total. The van der Waals surface area contributed by atoms with Crippen LogP contribution in [-0.2, 0) is 4.79 Å². The lowest BCUT2D eigenvalue weighted by Gasteiger charge is -2.37. The van der Waals surface area contributed by atoms with Crippen LogP contribution in [0.25, 0.3) is 0 Å². The fraction of sp³-hybridized carbons (Fsp3) is 0.929. The van der Waals surface area contributed by atoms with Crippen molar-refractivity contribution in [2.45, 2.75) is 52.5 Å². The van der Waals surface area contributed by atoms with E-state index in [4.69, 9.17) is 0 Å². The van der Waals surface area contributed by atoms with Crippen molar-refractivity contribution < 1.29 is 4.79 Å². The van der Waals surface area contributed by atoms with E-state index >= 15 is 0 Å². The lowest BCUT2D eigenvalue weighted by atomic mass is 9.75. The molecule has 0 spiro atoms. The van der Waals surface area contributed by atoms with E-state index in [1.807, 2.05) is 0 Å². The van der Waals surface area contributed by atoms with Crippen LogP contribution in [0.1, 0.15) is 46.5 Å². The highest BCUT2D eigenvalue weighted by Crippen LogP contribution is 2.39. The Labute approximate surface area is 105 Å². The van der Waals surface area contributed by atoms with Crippen LogP contribution in [0.2, 0.25) is 0 Å². The minimum Gasteiger partial charge on any atom is -0.339 e. The van der Waals surface area contributed by atoms with E-state index in [1.165, 1.54) is 12.8 Å². The molecule has 1 aliphatic carbocycles. The number of nitrogens with zero attached hydrogens (tertiary/aromatic N) is 1. The van der Waals surface area contributed by atoms with Crippen LogP contribution < -0.4 is 5.32 Å². The highest BCUT2D eigenvalue weighted by atomic mass is 16.2. The second-order valence-electron chi connectivity index (χ2n) is 5.97. The first kappa shape index (κ1) is 12.9. The predicted molar refractivity (Wildman–Crippen MR) is 69.8 cm³/mol. The second kappa shape index (κ2) is 4.97. The van der Waals surface area contributed by atoms with Crippen LogP contribution in [0.4, 0.5) is 0 Å². The molecule has 2 rings (SSSR count). The zero-order valence-corrected chi connectivity index (χ0v) is 11.5. The van der Waals surface area contributed by atoms with Crippen LogP contribution in [0.15, 0.2) is 0 Å². The average Bonchev–Trinajstić information content (AvgIpc) is 3.00. The Morgan fingerprint density at radius 2 is 2.18 bits per heavy atom. The third-order valence-electron chi connectivity index (χ3n) is 4.43. The third-order valence-corrected chi connectivity index (χ3v) is 4.43. The van der Waals surface area contributed by atoms with Gasteiger partial charge in [0.2, 0.25) is 5.91 Å². The first-order chi connectivity index (χ1) is 8.12. The van der Waals surface area contributed by atoms with Gasteiger partial charge in [-0.25, -0.2) is 0 Å².